The summed E-state index contributed by atoms with van der Waals surface area (Å²) in [5.41, 5.74) is 13.1. The number of aliphatic carboxylic acids is 1. The van der Waals surface area contributed by atoms with E-state index in [4.69, 9.17) is 16.9 Å². The predicted molar refractivity (Wildman–Crippen MR) is 204 cm³/mol. The molecule has 2 fully saturated rings. The molecule has 16 nitrogen and oxygen atoms in total. The van der Waals surface area contributed by atoms with Crippen molar-refractivity contribution in [3.05, 3.63) is 65.5 Å². The van der Waals surface area contributed by atoms with Crippen LogP contribution in [0.4, 0.5) is 0 Å². The molecule has 0 radical (unpaired) electrons. The Balaban J connectivity index is 1.59. The smallest absolute Gasteiger partial charge is 0.326 e. The number of hydrogen-bond acceptors (Lipinski definition) is 9. The molecule has 2 aromatic rings. The van der Waals surface area contributed by atoms with E-state index >= 15 is 0 Å². The number of nitrogens with zero attached hydrogens (tertiary/aromatic N) is 2. The number of unbranched alkanes of at least 4 members (excludes halogenated alkanes) is 1. The maximum Gasteiger partial charge on any atom is 0.326 e. The van der Waals surface area contributed by atoms with Gasteiger partial charge in [-0.2, -0.15) is 0 Å². The molecule has 298 valence electrons. The van der Waals surface area contributed by atoms with Crippen LogP contribution in [0.5, 0.6) is 0 Å². The van der Waals surface area contributed by atoms with Crippen LogP contribution in [-0.4, -0.2) is 99.6 Å². The highest BCUT2D eigenvalue weighted by Gasteiger charge is 2.39. The molecule has 1 aliphatic heterocycles. The number of carbonyl (C=O) groups is 6. The lowest BCUT2D eigenvalue weighted by molar-refractivity contribution is -0.149. The van der Waals surface area contributed by atoms with Crippen LogP contribution in [0, 0.1) is 11.3 Å². The van der Waals surface area contributed by atoms with Gasteiger partial charge in [0.2, 0.25) is 29.5 Å². The van der Waals surface area contributed by atoms with E-state index in [1.807, 2.05) is 0 Å². The Morgan fingerprint density at radius 1 is 0.836 bits per heavy atom. The number of nitrogens with one attached hydrogen (secondary N) is 5. The van der Waals surface area contributed by atoms with Crippen molar-refractivity contribution in [2.45, 2.75) is 114 Å². The molecule has 2 heterocycles. The monoisotopic (exact) mass is 761 g/mol. The standard InChI is InChI=1S/C39H55N9O7/c1-24(49)44-30(21-25-14-16-28(17-15-25)34(41)42)36(51)47-33(27-10-3-2-4-11-27)37(52)46-31(22-26-9-7-19-43-23-26)35(50)45-29(12-5-6-18-40)38(53)48-20-8-13-32(48)39(54)55/h7,9,14-17,19,23,27,29-33H,2-6,8,10-13,18,20-22,40H2,1H3,(H3,41,42)(H,44,49)(H,45,50)(H,46,52)(H,47,51)(H,54,55)/t29-,30-,31-,32-,33-/m0/s1. The number of benzene rings is 1. The van der Waals surface area contributed by atoms with E-state index in [0.29, 0.717) is 61.8 Å². The number of aromatic nitrogens is 1. The van der Waals surface area contributed by atoms with Gasteiger partial charge in [-0.1, -0.05) is 49.6 Å². The van der Waals surface area contributed by atoms with Crippen molar-refractivity contribution < 1.29 is 33.9 Å². The van der Waals surface area contributed by atoms with Gasteiger partial charge in [-0.25, -0.2) is 4.79 Å². The number of pyridine rings is 1. The molecule has 1 aliphatic carbocycles. The first-order chi connectivity index (χ1) is 26.4. The molecule has 1 saturated heterocycles. The summed E-state index contributed by atoms with van der Waals surface area (Å²) in [6.07, 6.45) is 9.42. The molecule has 1 aromatic carbocycles. The fourth-order valence-electron chi connectivity index (χ4n) is 7.36. The molecule has 5 amide bonds. The largest absolute Gasteiger partial charge is 0.480 e. The fraction of sp³-hybridized carbons (Fsp3) is 0.538. The van der Waals surface area contributed by atoms with Crippen LogP contribution in [0.3, 0.4) is 0 Å². The van der Waals surface area contributed by atoms with E-state index in [2.05, 4.69) is 26.3 Å². The quantitative estimate of drug-likeness (QED) is 0.0570. The van der Waals surface area contributed by atoms with Crippen LogP contribution in [0.25, 0.3) is 0 Å². The molecular weight excluding hydrogens is 706 g/mol. The zero-order chi connectivity index (χ0) is 39.9. The van der Waals surface area contributed by atoms with Crippen molar-refractivity contribution in [2.24, 2.45) is 17.4 Å². The number of nitrogens with two attached hydrogens (primary N) is 2. The van der Waals surface area contributed by atoms with Gasteiger partial charge < -0.3 is 42.7 Å². The molecule has 16 heteroatoms. The van der Waals surface area contributed by atoms with Crippen LogP contribution >= 0.6 is 0 Å². The highest BCUT2D eigenvalue weighted by Crippen LogP contribution is 2.27. The van der Waals surface area contributed by atoms with Gasteiger partial charge in [0.15, 0.2) is 0 Å². The Morgan fingerprint density at radius 3 is 2.11 bits per heavy atom. The van der Waals surface area contributed by atoms with Gasteiger partial charge in [-0.15, -0.1) is 0 Å². The zero-order valence-corrected chi connectivity index (χ0v) is 31.4. The predicted octanol–water partition coefficient (Wildman–Crippen LogP) is 0.895. The van der Waals surface area contributed by atoms with E-state index in [1.165, 1.54) is 11.8 Å². The summed E-state index contributed by atoms with van der Waals surface area (Å²) < 4.78 is 0. The maximum atomic E-state index is 14.4. The molecule has 1 aromatic heterocycles. The second-order valence-corrected chi connectivity index (χ2v) is 14.5. The first-order valence-corrected chi connectivity index (χ1v) is 19.1. The highest BCUT2D eigenvalue weighted by molar-refractivity contribution is 5.97. The van der Waals surface area contributed by atoms with Gasteiger partial charge in [0.1, 0.15) is 36.0 Å². The number of amides is 5. The van der Waals surface area contributed by atoms with E-state index in [-0.39, 0.29) is 37.6 Å². The van der Waals surface area contributed by atoms with Crippen LogP contribution in [-0.2, 0) is 41.6 Å². The molecule has 0 spiro atoms. The molecule has 2 aliphatic rings. The summed E-state index contributed by atoms with van der Waals surface area (Å²) in [7, 11) is 0. The van der Waals surface area contributed by atoms with Crippen molar-refractivity contribution in [2.75, 3.05) is 13.1 Å². The van der Waals surface area contributed by atoms with Crippen molar-refractivity contribution in [3.8, 4) is 0 Å². The van der Waals surface area contributed by atoms with Gasteiger partial charge in [-0.05, 0) is 74.6 Å². The SMILES string of the molecule is CC(=O)N[C@@H](Cc1ccc(C(=N)N)cc1)C(=O)N[C@H](C(=O)N[C@@H](Cc1cccnc1)C(=O)N[C@@H](CCCCN)C(=O)N1CCC[C@H]1C(=O)O)C1CCCCC1. The number of rotatable bonds is 19. The molecule has 4 rings (SSSR count). The van der Waals surface area contributed by atoms with Crippen molar-refractivity contribution in [1.29, 1.82) is 5.41 Å². The number of carboxylic acids is 1. The first kappa shape index (κ1) is 42.4. The highest BCUT2D eigenvalue weighted by atomic mass is 16.4. The number of hydrogen-bond donors (Lipinski definition) is 8. The normalized spacial score (nSPS) is 17.9. The van der Waals surface area contributed by atoms with Gasteiger partial charge in [0, 0.05) is 44.3 Å². The molecule has 0 bridgehead atoms. The van der Waals surface area contributed by atoms with Crippen LogP contribution < -0.4 is 32.7 Å². The lowest BCUT2D eigenvalue weighted by Gasteiger charge is -2.33. The van der Waals surface area contributed by atoms with E-state index in [0.717, 1.165) is 19.3 Å². The topological polar surface area (TPSA) is 263 Å². The zero-order valence-electron chi connectivity index (χ0n) is 31.4. The maximum absolute atomic E-state index is 14.4. The number of carbonyl (C=O) groups excluding carboxylic acids is 5. The average Bonchev–Trinajstić information content (AvgIpc) is 3.67. The number of amidine groups is 1. The second-order valence-electron chi connectivity index (χ2n) is 14.5. The molecule has 5 atom stereocenters. The van der Waals surface area contributed by atoms with Crippen LogP contribution in [0.2, 0.25) is 0 Å². The van der Waals surface area contributed by atoms with Crippen LogP contribution in [0.1, 0.15) is 87.8 Å². The van der Waals surface area contributed by atoms with E-state index < -0.39 is 65.7 Å². The third-order valence-corrected chi connectivity index (χ3v) is 10.3. The first-order valence-electron chi connectivity index (χ1n) is 19.1. The Hall–Kier alpha value is -5.38. The minimum atomic E-state index is -1.19. The second kappa shape index (κ2) is 20.9. The number of nitrogen functional groups attached to an aromatic ring is 1. The molecule has 55 heavy (non-hydrogen) atoms. The van der Waals surface area contributed by atoms with E-state index in [1.54, 1.807) is 48.8 Å². The van der Waals surface area contributed by atoms with E-state index in [9.17, 15) is 33.9 Å². The Morgan fingerprint density at radius 2 is 1.49 bits per heavy atom. The minimum absolute atomic E-state index is 0.0205. The number of likely N-dealkylation sites (tertiary alicyclic amines) is 1. The Bertz CT molecular complexity index is 1650. The third-order valence-electron chi connectivity index (χ3n) is 10.3. The summed E-state index contributed by atoms with van der Waals surface area (Å²) in [6, 6.07) is 4.87. The molecule has 1 saturated carbocycles. The molecular formula is C39H55N9O7. The Labute approximate surface area is 321 Å². The summed E-state index contributed by atoms with van der Waals surface area (Å²) in [5, 5.41) is 28.7. The number of carboxylic acid groups (broad SMARTS) is 1. The van der Waals surface area contributed by atoms with Gasteiger partial charge in [-0.3, -0.25) is 34.4 Å². The fourth-order valence-corrected chi connectivity index (χ4v) is 7.36. The van der Waals surface area contributed by atoms with Gasteiger partial charge in [0.05, 0.1) is 0 Å². The van der Waals surface area contributed by atoms with Gasteiger partial charge in [0.25, 0.3) is 0 Å². The summed E-state index contributed by atoms with van der Waals surface area (Å²) in [4.78, 5) is 85.8. The lowest BCUT2D eigenvalue weighted by Crippen LogP contribution is -2.61. The van der Waals surface area contributed by atoms with Crippen molar-refractivity contribution in [3.63, 3.8) is 0 Å². The lowest BCUT2D eigenvalue weighted by atomic mass is 9.83. The van der Waals surface area contributed by atoms with Crippen molar-refractivity contribution in [1.82, 2.24) is 31.2 Å². The Kier molecular flexibility index (Phi) is 16.1. The molecule has 10 N–H and O–H groups in total. The summed E-state index contributed by atoms with van der Waals surface area (Å²) in [6.45, 7) is 1.92. The summed E-state index contributed by atoms with van der Waals surface area (Å²) in [5.74, 6) is -4.22. The van der Waals surface area contributed by atoms with Crippen molar-refractivity contribution >= 4 is 41.3 Å². The van der Waals surface area contributed by atoms with Crippen LogP contribution in [0.15, 0.2) is 48.8 Å². The summed E-state index contributed by atoms with van der Waals surface area (Å²) >= 11 is 0. The third kappa shape index (κ3) is 12.6. The average molecular weight is 762 g/mol. The minimum Gasteiger partial charge on any atom is -0.480 e. The molecule has 0 unspecified atom stereocenters. The van der Waals surface area contributed by atoms with Gasteiger partial charge >= 0.3 is 5.97 Å².